The molecule has 1 aliphatic rings. The molecule has 1 saturated carbocycles. The Labute approximate surface area is 99.2 Å². The third kappa shape index (κ3) is 2.76. The average Bonchev–Trinajstić information content (AvgIpc) is 2.16. The second kappa shape index (κ2) is 4.63. The molecule has 0 aliphatic heterocycles. The standard InChI is InChI=1S/C11H24N2O2S/c1-11(2,3)16(14,15)13(4)10-7-5-9(12)6-8-10/h9-10H,5-8,12H2,1-4H3. The van der Waals surface area contributed by atoms with Crippen molar-refractivity contribution in [2.75, 3.05) is 7.05 Å². The zero-order valence-electron chi connectivity index (χ0n) is 10.7. The summed E-state index contributed by atoms with van der Waals surface area (Å²) in [4.78, 5) is 0. The van der Waals surface area contributed by atoms with Crippen LogP contribution in [0, 0.1) is 0 Å². The second-order valence-electron chi connectivity index (χ2n) is 5.70. The van der Waals surface area contributed by atoms with Gasteiger partial charge in [-0.15, -0.1) is 0 Å². The Hall–Kier alpha value is -0.130. The van der Waals surface area contributed by atoms with Crippen LogP contribution in [0.25, 0.3) is 0 Å². The van der Waals surface area contributed by atoms with Gasteiger partial charge in [-0.3, -0.25) is 0 Å². The summed E-state index contributed by atoms with van der Waals surface area (Å²) in [5.74, 6) is 0. The van der Waals surface area contributed by atoms with Gasteiger partial charge in [0.15, 0.2) is 0 Å². The summed E-state index contributed by atoms with van der Waals surface area (Å²) in [5.41, 5.74) is 5.82. The molecule has 0 amide bonds. The third-order valence-electron chi connectivity index (χ3n) is 3.41. The normalized spacial score (nSPS) is 28.4. The van der Waals surface area contributed by atoms with E-state index in [4.69, 9.17) is 5.73 Å². The zero-order valence-corrected chi connectivity index (χ0v) is 11.5. The smallest absolute Gasteiger partial charge is 0.219 e. The van der Waals surface area contributed by atoms with Crippen molar-refractivity contribution in [3.8, 4) is 0 Å². The van der Waals surface area contributed by atoms with E-state index in [9.17, 15) is 8.42 Å². The fourth-order valence-corrected chi connectivity index (χ4v) is 3.56. The van der Waals surface area contributed by atoms with Crippen molar-refractivity contribution in [1.29, 1.82) is 0 Å². The summed E-state index contributed by atoms with van der Waals surface area (Å²) in [7, 11) is -1.50. The van der Waals surface area contributed by atoms with Crippen LogP contribution in [0.1, 0.15) is 46.5 Å². The Bertz CT molecular complexity index is 324. The lowest BCUT2D eigenvalue weighted by Gasteiger charge is -2.36. The predicted octanol–water partition coefficient (Wildman–Crippen LogP) is 1.32. The van der Waals surface area contributed by atoms with Gasteiger partial charge in [0.2, 0.25) is 10.0 Å². The molecule has 0 atom stereocenters. The molecule has 4 nitrogen and oxygen atoms in total. The molecule has 0 bridgehead atoms. The molecule has 1 aliphatic carbocycles. The highest BCUT2D eigenvalue weighted by Gasteiger charge is 2.37. The molecule has 0 heterocycles. The van der Waals surface area contributed by atoms with Gasteiger partial charge in [-0.2, -0.15) is 0 Å². The van der Waals surface area contributed by atoms with Crippen molar-refractivity contribution in [2.24, 2.45) is 5.73 Å². The molecule has 16 heavy (non-hydrogen) atoms. The van der Waals surface area contributed by atoms with Crippen LogP contribution in [0.15, 0.2) is 0 Å². The maximum absolute atomic E-state index is 12.2. The van der Waals surface area contributed by atoms with Crippen LogP contribution in [0.2, 0.25) is 0 Å². The highest BCUT2D eigenvalue weighted by Crippen LogP contribution is 2.27. The van der Waals surface area contributed by atoms with E-state index in [1.165, 1.54) is 0 Å². The summed E-state index contributed by atoms with van der Waals surface area (Å²) in [6.45, 7) is 5.23. The molecule has 5 heteroatoms. The van der Waals surface area contributed by atoms with Crippen LogP contribution in [0.5, 0.6) is 0 Å². The molecular weight excluding hydrogens is 224 g/mol. The van der Waals surface area contributed by atoms with E-state index in [1.54, 1.807) is 32.1 Å². The second-order valence-corrected chi connectivity index (χ2v) is 8.45. The summed E-state index contributed by atoms with van der Waals surface area (Å²) >= 11 is 0. The minimum Gasteiger partial charge on any atom is -0.328 e. The van der Waals surface area contributed by atoms with Crippen molar-refractivity contribution in [3.05, 3.63) is 0 Å². The van der Waals surface area contributed by atoms with Crippen molar-refractivity contribution in [2.45, 2.75) is 63.3 Å². The molecule has 0 radical (unpaired) electrons. The first-order valence-electron chi connectivity index (χ1n) is 5.89. The maximum Gasteiger partial charge on any atom is 0.219 e. The molecule has 0 aromatic carbocycles. The molecule has 96 valence electrons. The fourth-order valence-electron chi connectivity index (χ4n) is 2.09. The minimum absolute atomic E-state index is 0.129. The molecular formula is C11H24N2O2S. The summed E-state index contributed by atoms with van der Waals surface area (Å²) in [5, 5.41) is 0. The van der Waals surface area contributed by atoms with Gasteiger partial charge in [0.25, 0.3) is 0 Å². The van der Waals surface area contributed by atoms with E-state index < -0.39 is 14.8 Å². The van der Waals surface area contributed by atoms with Gasteiger partial charge in [-0.05, 0) is 46.5 Å². The minimum atomic E-state index is -3.20. The lowest BCUT2D eigenvalue weighted by molar-refractivity contribution is 0.264. The van der Waals surface area contributed by atoms with Crippen molar-refractivity contribution in [1.82, 2.24) is 4.31 Å². The number of rotatable bonds is 2. The first-order chi connectivity index (χ1) is 7.16. The van der Waals surface area contributed by atoms with Gasteiger partial charge in [0.1, 0.15) is 0 Å². The fraction of sp³-hybridized carbons (Fsp3) is 1.00. The van der Waals surface area contributed by atoms with Crippen LogP contribution < -0.4 is 5.73 Å². The van der Waals surface area contributed by atoms with E-state index >= 15 is 0 Å². The SMILES string of the molecule is CN(C1CCC(N)CC1)S(=O)(=O)C(C)(C)C. The lowest BCUT2D eigenvalue weighted by Crippen LogP contribution is -2.48. The predicted molar refractivity (Wildman–Crippen MR) is 66.7 cm³/mol. The Balaban J connectivity index is 2.75. The molecule has 1 rings (SSSR count). The third-order valence-corrected chi connectivity index (χ3v) is 6.01. The zero-order chi connectivity index (χ0) is 12.6. The maximum atomic E-state index is 12.2. The van der Waals surface area contributed by atoms with Gasteiger partial charge in [-0.25, -0.2) is 12.7 Å². The Morgan fingerprint density at radius 3 is 1.94 bits per heavy atom. The molecule has 0 saturated heterocycles. The van der Waals surface area contributed by atoms with E-state index in [-0.39, 0.29) is 12.1 Å². The number of hydrogen-bond acceptors (Lipinski definition) is 3. The monoisotopic (exact) mass is 248 g/mol. The summed E-state index contributed by atoms with van der Waals surface area (Å²) in [6, 6.07) is 0.381. The molecule has 0 aromatic heterocycles. The van der Waals surface area contributed by atoms with E-state index in [1.807, 2.05) is 0 Å². The van der Waals surface area contributed by atoms with Crippen LogP contribution in [0.3, 0.4) is 0 Å². The number of hydrogen-bond donors (Lipinski definition) is 1. The molecule has 1 fully saturated rings. The van der Waals surface area contributed by atoms with Crippen LogP contribution >= 0.6 is 0 Å². The van der Waals surface area contributed by atoms with Gasteiger partial charge in [0.05, 0.1) is 4.75 Å². The van der Waals surface area contributed by atoms with Gasteiger partial charge >= 0.3 is 0 Å². The largest absolute Gasteiger partial charge is 0.328 e. The van der Waals surface area contributed by atoms with E-state index in [0.29, 0.717) is 0 Å². The van der Waals surface area contributed by atoms with Crippen molar-refractivity contribution < 1.29 is 8.42 Å². The molecule has 2 N–H and O–H groups in total. The van der Waals surface area contributed by atoms with E-state index in [0.717, 1.165) is 25.7 Å². The van der Waals surface area contributed by atoms with Crippen molar-refractivity contribution in [3.63, 3.8) is 0 Å². The highest BCUT2D eigenvalue weighted by atomic mass is 32.2. The summed E-state index contributed by atoms with van der Waals surface area (Å²) < 4.78 is 25.3. The first kappa shape index (κ1) is 13.9. The molecule has 0 unspecified atom stereocenters. The molecule has 0 spiro atoms. The van der Waals surface area contributed by atoms with Crippen LogP contribution in [-0.4, -0.2) is 36.6 Å². The summed E-state index contributed by atoms with van der Waals surface area (Å²) in [6.07, 6.45) is 3.61. The Morgan fingerprint density at radius 1 is 1.12 bits per heavy atom. The van der Waals surface area contributed by atoms with Crippen molar-refractivity contribution >= 4 is 10.0 Å². The van der Waals surface area contributed by atoms with Crippen LogP contribution in [-0.2, 0) is 10.0 Å². The number of nitrogens with two attached hydrogens (primary N) is 1. The van der Waals surface area contributed by atoms with Gasteiger partial charge in [0, 0.05) is 19.1 Å². The van der Waals surface area contributed by atoms with E-state index in [2.05, 4.69) is 0 Å². The Morgan fingerprint density at radius 2 is 1.56 bits per heavy atom. The number of nitrogens with zero attached hydrogens (tertiary/aromatic N) is 1. The highest BCUT2D eigenvalue weighted by molar-refractivity contribution is 7.90. The van der Waals surface area contributed by atoms with Gasteiger partial charge in [-0.1, -0.05) is 0 Å². The quantitative estimate of drug-likeness (QED) is 0.801. The molecule has 0 aromatic rings. The topological polar surface area (TPSA) is 63.4 Å². The lowest BCUT2D eigenvalue weighted by atomic mass is 9.92. The van der Waals surface area contributed by atoms with Crippen LogP contribution in [0.4, 0.5) is 0 Å². The first-order valence-corrected chi connectivity index (χ1v) is 7.33. The number of sulfonamides is 1. The average molecular weight is 248 g/mol. The Kier molecular flexibility index (Phi) is 4.03. The van der Waals surface area contributed by atoms with Gasteiger partial charge < -0.3 is 5.73 Å².